The summed E-state index contributed by atoms with van der Waals surface area (Å²) in [6, 6.07) is -0.655. The molecule has 0 radical (unpaired) electrons. The molecule has 1 aromatic rings. The molecule has 0 aliphatic rings. The van der Waals surface area contributed by atoms with Gasteiger partial charge >= 0.3 is 6.18 Å². The van der Waals surface area contributed by atoms with Gasteiger partial charge in [0, 0.05) is 0 Å². The molecule has 0 saturated carbocycles. The number of nitrogens with two attached hydrogens (primary N) is 1. The van der Waals surface area contributed by atoms with E-state index in [9.17, 15) is 22.7 Å². The zero-order valence-electron chi connectivity index (χ0n) is 7.15. The zero-order chi connectivity index (χ0) is 11.8. The minimum absolute atomic E-state index is 0.0430. The molecule has 0 heterocycles. The lowest BCUT2D eigenvalue weighted by atomic mass is 10.1. The predicted octanol–water partition coefficient (Wildman–Crippen LogP) is 2.86. The SMILES string of the molecule is N[C@@H](c1c(F)ccc(Br)c1O)C(F)(F)F. The van der Waals surface area contributed by atoms with Gasteiger partial charge < -0.3 is 10.8 Å². The molecule has 7 heteroatoms. The first kappa shape index (κ1) is 12.3. The highest BCUT2D eigenvalue weighted by Crippen LogP contribution is 2.39. The fraction of sp³-hybridized carbons (Fsp3) is 0.250. The second-order valence-corrected chi connectivity index (χ2v) is 3.67. The Labute approximate surface area is 90.8 Å². The van der Waals surface area contributed by atoms with Crippen molar-refractivity contribution in [3.8, 4) is 5.75 Å². The molecule has 0 fully saturated rings. The van der Waals surface area contributed by atoms with Gasteiger partial charge in [-0.1, -0.05) is 0 Å². The lowest BCUT2D eigenvalue weighted by molar-refractivity contribution is -0.150. The monoisotopic (exact) mass is 287 g/mol. The van der Waals surface area contributed by atoms with Crippen LogP contribution in [0.3, 0.4) is 0 Å². The van der Waals surface area contributed by atoms with E-state index < -0.39 is 29.3 Å². The van der Waals surface area contributed by atoms with E-state index >= 15 is 0 Å². The average Bonchev–Trinajstić information content (AvgIpc) is 2.10. The smallest absolute Gasteiger partial charge is 0.407 e. The van der Waals surface area contributed by atoms with Crippen molar-refractivity contribution in [2.24, 2.45) is 5.73 Å². The third kappa shape index (κ3) is 2.40. The van der Waals surface area contributed by atoms with Gasteiger partial charge in [-0.25, -0.2) is 4.39 Å². The largest absolute Gasteiger partial charge is 0.506 e. The third-order valence-corrected chi connectivity index (χ3v) is 2.42. The van der Waals surface area contributed by atoms with Crippen LogP contribution in [0.25, 0.3) is 0 Å². The van der Waals surface area contributed by atoms with Crippen molar-refractivity contribution in [3.05, 3.63) is 28.0 Å². The summed E-state index contributed by atoms with van der Waals surface area (Å²) in [5.74, 6) is -2.03. The van der Waals surface area contributed by atoms with Crippen LogP contribution in [-0.4, -0.2) is 11.3 Å². The van der Waals surface area contributed by atoms with Crippen molar-refractivity contribution in [3.63, 3.8) is 0 Å². The van der Waals surface area contributed by atoms with Gasteiger partial charge in [-0.05, 0) is 28.1 Å². The van der Waals surface area contributed by atoms with Crippen LogP contribution in [0.1, 0.15) is 11.6 Å². The van der Waals surface area contributed by atoms with E-state index in [2.05, 4.69) is 15.9 Å². The summed E-state index contributed by atoms with van der Waals surface area (Å²) in [6.45, 7) is 0. The molecule has 1 atom stereocenters. The molecule has 1 aromatic carbocycles. The van der Waals surface area contributed by atoms with Crippen molar-refractivity contribution in [2.75, 3.05) is 0 Å². The van der Waals surface area contributed by atoms with Crippen molar-refractivity contribution in [1.29, 1.82) is 0 Å². The molecule has 1 rings (SSSR count). The number of aromatic hydroxyl groups is 1. The van der Waals surface area contributed by atoms with E-state index in [0.29, 0.717) is 0 Å². The van der Waals surface area contributed by atoms with Crippen molar-refractivity contribution in [1.82, 2.24) is 0 Å². The summed E-state index contributed by atoms with van der Waals surface area (Å²) >= 11 is 2.78. The van der Waals surface area contributed by atoms with E-state index in [0.717, 1.165) is 12.1 Å². The molecule has 0 unspecified atom stereocenters. The van der Waals surface area contributed by atoms with Gasteiger partial charge in [0.25, 0.3) is 0 Å². The molecule has 0 aliphatic heterocycles. The van der Waals surface area contributed by atoms with Crippen molar-refractivity contribution in [2.45, 2.75) is 12.2 Å². The van der Waals surface area contributed by atoms with Crippen LogP contribution in [0.4, 0.5) is 17.6 Å². The second kappa shape index (κ2) is 3.97. The van der Waals surface area contributed by atoms with E-state index in [1.807, 2.05) is 0 Å². The van der Waals surface area contributed by atoms with E-state index in [1.165, 1.54) is 0 Å². The van der Waals surface area contributed by atoms with Gasteiger partial charge in [-0.15, -0.1) is 0 Å². The third-order valence-electron chi connectivity index (χ3n) is 1.78. The highest BCUT2D eigenvalue weighted by atomic mass is 79.9. The molecule has 0 bridgehead atoms. The van der Waals surface area contributed by atoms with Crippen LogP contribution < -0.4 is 5.73 Å². The number of hydrogen-bond acceptors (Lipinski definition) is 2. The highest BCUT2D eigenvalue weighted by Gasteiger charge is 2.41. The number of halogens is 5. The van der Waals surface area contributed by atoms with Gasteiger partial charge in [0.05, 0.1) is 10.0 Å². The Morgan fingerprint density at radius 2 is 1.87 bits per heavy atom. The van der Waals surface area contributed by atoms with Crippen LogP contribution in [-0.2, 0) is 0 Å². The maximum atomic E-state index is 13.1. The predicted molar refractivity (Wildman–Crippen MR) is 48.7 cm³/mol. The van der Waals surface area contributed by atoms with E-state index in [-0.39, 0.29) is 4.47 Å². The van der Waals surface area contributed by atoms with Gasteiger partial charge in [0.15, 0.2) is 0 Å². The Morgan fingerprint density at radius 3 is 2.33 bits per heavy atom. The Bertz CT molecular complexity index is 380. The normalized spacial score (nSPS) is 14.0. The maximum absolute atomic E-state index is 13.1. The molecule has 0 spiro atoms. The summed E-state index contributed by atoms with van der Waals surface area (Å²) in [7, 11) is 0. The summed E-state index contributed by atoms with van der Waals surface area (Å²) in [5.41, 5.74) is 3.84. The molecule has 84 valence electrons. The maximum Gasteiger partial charge on any atom is 0.407 e. The second-order valence-electron chi connectivity index (χ2n) is 2.81. The summed E-state index contributed by atoms with van der Waals surface area (Å²) in [5, 5.41) is 9.25. The lowest BCUT2D eigenvalue weighted by Gasteiger charge is -2.18. The zero-order valence-corrected chi connectivity index (χ0v) is 8.73. The number of benzene rings is 1. The Morgan fingerprint density at radius 1 is 1.33 bits per heavy atom. The minimum atomic E-state index is -4.81. The quantitative estimate of drug-likeness (QED) is 0.780. The molecule has 0 aliphatic carbocycles. The fourth-order valence-corrected chi connectivity index (χ4v) is 1.36. The first-order valence-corrected chi connectivity index (χ1v) is 4.53. The number of phenolic OH excluding ortho intramolecular Hbond substituents is 1. The fourth-order valence-electron chi connectivity index (χ4n) is 1.02. The first-order chi connectivity index (χ1) is 6.75. The summed E-state index contributed by atoms with van der Waals surface area (Å²) in [4.78, 5) is 0. The minimum Gasteiger partial charge on any atom is -0.506 e. The van der Waals surface area contributed by atoms with Crippen LogP contribution >= 0.6 is 15.9 Å². The molecular formula is C8H6BrF4NO. The van der Waals surface area contributed by atoms with Gasteiger partial charge in [-0.3, -0.25) is 0 Å². The van der Waals surface area contributed by atoms with Crippen LogP contribution in [0.15, 0.2) is 16.6 Å². The average molecular weight is 288 g/mol. The van der Waals surface area contributed by atoms with E-state index in [1.54, 1.807) is 0 Å². The Balaban J connectivity index is 3.31. The van der Waals surface area contributed by atoms with Gasteiger partial charge in [-0.2, -0.15) is 13.2 Å². The molecule has 0 aromatic heterocycles. The lowest BCUT2D eigenvalue weighted by Crippen LogP contribution is -2.29. The molecule has 0 amide bonds. The summed E-state index contributed by atoms with van der Waals surface area (Å²) < 4.78 is 49.6. The van der Waals surface area contributed by atoms with Crippen molar-refractivity contribution < 1.29 is 22.7 Å². The van der Waals surface area contributed by atoms with Crippen molar-refractivity contribution >= 4 is 15.9 Å². The molecule has 15 heavy (non-hydrogen) atoms. The highest BCUT2D eigenvalue weighted by molar-refractivity contribution is 9.10. The van der Waals surface area contributed by atoms with Crippen LogP contribution in [0, 0.1) is 5.82 Å². The van der Waals surface area contributed by atoms with Crippen LogP contribution in [0.5, 0.6) is 5.75 Å². The number of hydrogen-bond donors (Lipinski definition) is 2. The van der Waals surface area contributed by atoms with E-state index in [4.69, 9.17) is 5.73 Å². The number of alkyl halides is 3. The molecule has 2 nitrogen and oxygen atoms in total. The van der Waals surface area contributed by atoms with Crippen LogP contribution in [0.2, 0.25) is 0 Å². The molecule has 0 saturated heterocycles. The number of phenols is 1. The Hall–Kier alpha value is -0.820. The first-order valence-electron chi connectivity index (χ1n) is 3.74. The topological polar surface area (TPSA) is 46.2 Å². The Kier molecular flexibility index (Phi) is 3.25. The molecular weight excluding hydrogens is 282 g/mol. The standard InChI is InChI=1S/C8H6BrF4NO/c9-3-1-2-4(10)5(6(3)15)7(14)8(11,12)13/h1-2,7,15H,14H2/t7-/m0/s1. The van der Waals surface area contributed by atoms with Gasteiger partial charge in [0.2, 0.25) is 0 Å². The number of rotatable bonds is 1. The molecule has 3 N–H and O–H groups in total. The van der Waals surface area contributed by atoms with Gasteiger partial charge in [0.1, 0.15) is 17.6 Å². The summed E-state index contributed by atoms with van der Waals surface area (Å²) in [6.07, 6.45) is -4.81.